The molecule has 1 aromatic heterocycles. The van der Waals surface area contributed by atoms with Gasteiger partial charge >= 0.3 is 0 Å². The maximum absolute atomic E-state index is 13.8. The molecule has 0 radical (unpaired) electrons. The Labute approximate surface area is 213 Å². The van der Waals surface area contributed by atoms with Crippen LogP contribution in [0.5, 0.6) is 0 Å². The molecule has 1 aliphatic heterocycles. The zero-order valence-electron chi connectivity index (χ0n) is 20.2. The van der Waals surface area contributed by atoms with Gasteiger partial charge in [-0.15, -0.1) is 0 Å². The van der Waals surface area contributed by atoms with E-state index in [9.17, 15) is 32.0 Å². The minimum absolute atomic E-state index is 0.0480. The van der Waals surface area contributed by atoms with E-state index in [0.717, 1.165) is 10.6 Å². The second-order valence-corrected chi connectivity index (χ2v) is 12.5. The number of likely N-dealkylation sites (tertiary alicyclic amines) is 1. The van der Waals surface area contributed by atoms with Crippen molar-refractivity contribution in [2.75, 3.05) is 13.1 Å². The third-order valence-corrected chi connectivity index (χ3v) is 9.87. The Bertz CT molecular complexity index is 1400. The maximum atomic E-state index is 13.8. The zero-order chi connectivity index (χ0) is 26.6. The topological polar surface area (TPSA) is 125 Å². The fourth-order valence-electron chi connectivity index (χ4n) is 5.37. The van der Waals surface area contributed by atoms with Crippen molar-refractivity contribution in [3.63, 3.8) is 0 Å². The Morgan fingerprint density at radius 1 is 1.16 bits per heavy atom. The first kappa shape index (κ1) is 25.3. The molecule has 3 fully saturated rings. The molecule has 1 unspecified atom stereocenters. The zero-order valence-corrected chi connectivity index (χ0v) is 21.0. The summed E-state index contributed by atoms with van der Waals surface area (Å²) in [7, 11) is -2.23. The maximum Gasteiger partial charge on any atom is 0.267 e. The number of nitriles is 1. The molecule has 3 atom stereocenters. The van der Waals surface area contributed by atoms with Crippen molar-refractivity contribution in [2.45, 2.75) is 53.7 Å². The van der Waals surface area contributed by atoms with Gasteiger partial charge in [-0.1, -0.05) is 12.1 Å². The van der Waals surface area contributed by atoms with Gasteiger partial charge in [0.25, 0.3) is 5.92 Å². The standard InChI is InChI=1S/C25H27F2N5O4S/c1-31-21(5-9-29-31)16-3-2-4-17(11-16)37(35,36)18-12-19(22(33)30-24(14-28)6-7-24)20(13-18)23(34)32-10-8-25(26,27)15-32/h2-5,9,11,18-20H,6-8,10,12-13,15H2,1H3,(H,30,33)/t18?,19-,20-/m1/s1. The lowest BCUT2D eigenvalue weighted by Gasteiger charge is -2.24. The number of amides is 2. The Morgan fingerprint density at radius 3 is 2.49 bits per heavy atom. The lowest BCUT2D eigenvalue weighted by atomic mass is 9.93. The number of aryl methyl sites for hydroxylation is 1. The molecule has 2 heterocycles. The van der Waals surface area contributed by atoms with Crippen molar-refractivity contribution in [3.8, 4) is 17.3 Å². The van der Waals surface area contributed by atoms with E-state index < -0.39 is 63.2 Å². The van der Waals surface area contributed by atoms with Crippen molar-refractivity contribution < 1.29 is 26.8 Å². The number of alkyl halides is 2. The van der Waals surface area contributed by atoms with Gasteiger partial charge in [-0.05, 0) is 43.9 Å². The number of hydrogen-bond donors (Lipinski definition) is 1. The second kappa shape index (κ2) is 8.90. The smallest absolute Gasteiger partial charge is 0.267 e. The molecule has 2 aliphatic carbocycles. The van der Waals surface area contributed by atoms with Crippen LogP contribution in [0.25, 0.3) is 11.3 Å². The van der Waals surface area contributed by atoms with Crippen molar-refractivity contribution in [1.29, 1.82) is 5.26 Å². The Hall–Kier alpha value is -3.33. The number of hydrogen-bond acceptors (Lipinski definition) is 6. The molecular weight excluding hydrogens is 504 g/mol. The summed E-state index contributed by atoms with van der Waals surface area (Å²) in [6, 6.07) is 10.2. The highest BCUT2D eigenvalue weighted by molar-refractivity contribution is 7.92. The average molecular weight is 532 g/mol. The largest absolute Gasteiger partial charge is 0.338 e. The first-order chi connectivity index (χ1) is 17.4. The Kier molecular flexibility index (Phi) is 6.09. The van der Waals surface area contributed by atoms with Gasteiger partial charge in [0, 0.05) is 31.8 Å². The molecule has 0 bridgehead atoms. The van der Waals surface area contributed by atoms with Gasteiger partial charge in [-0.3, -0.25) is 14.3 Å². The third kappa shape index (κ3) is 4.72. The number of nitrogens with one attached hydrogen (secondary N) is 1. The lowest BCUT2D eigenvalue weighted by molar-refractivity contribution is -0.141. The lowest BCUT2D eigenvalue weighted by Crippen LogP contribution is -2.45. The fourth-order valence-corrected chi connectivity index (χ4v) is 7.23. The van der Waals surface area contributed by atoms with E-state index in [1.165, 1.54) is 12.1 Å². The van der Waals surface area contributed by atoms with Gasteiger partial charge in [0.1, 0.15) is 5.54 Å². The van der Waals surface area contributed by atoms with Gasteiger partial charge in [0.05, 0.1) is 40.3 Å². The molecular formula is C25H27F2N5O4S. The number of carbonyl (C=O) groups is 2. The van der Waals surface area contributed by atoms with Crippen molar-refractivity contribution >= 4 is 21.7 Å². The number of rotatable bonds is 6. The van der Waals surface area contributed by atoms with Crippen LogP contribution in [0.15, 0.2) is 41.4 Å². The van der Waals surface area contributed by atoms with E-state index in [2.05, 4.69) is 16.5 Å². The van der Waals surface area contributed by atoms with E-state index in [4.69, 9.17) is 0 Å². The minimum Gasteiger partial charge on any atom is -0.338 e. The number of benzene rings is 1. The van der Waals surface area contributed by atoms with Crippen LogP contribution in [-0.2, 0) is 26.5 Å². The van der Waals surface area contributed by atoms with Crippen LogP contribution in [0, 0.1) is 23.2 Å². The van der Waals surface area contributed by atoms with Crippen LogP contribution >= 0.6 is 0 Å². The molecule has 1 saturated heterocycles. The molecule has 0 spiro atoms. The first-order valence-electron chi connectivity index (χ1n) is 12.2. The molecule has 3 aliphatic rings. The fraction of sp³-hybridized carbons (Fsp3) is 0.520. The third-order valence-electron chi connectivity index (χ3n) is 7.70. The molecule has 9 nitrogen and oxygen atoms in total. The molecule has 5 rings (SSSR count). The molecule has 1 N–H and O–H groups in total. The number of sulfone groups is 1. The van der Waals surface area contributed by atoms with Crippen molar-refractivity contribution in [2.24, 2.45) is 18.9 Å². The van der Waals surface area contributed by atoms with Gasteiger partial charge in [0.2, 0.25) is 11.8 Å². The summed E-state index contributed by atoms with van der Waals surface area (Å²) in [4.78, 5) is 27.6. The SMILES string of the molecule is Cn1nccc1-c1cccc(S(=O)(=O)C2C[C@@H](C(=O)NC3(C#N)CC3)[C@H](C(=O)N3CCC(F)(F)C3)C2)c1. The van der Waals surface area contributed by atoms with E-state index in [1.807, 2.05) is 0 Å². The minimum atomic E-state index is -3.97. The molecule has 196 valence electrons. The molecule has 37 heavy (non-hydrogen) atoms. The summed E-state index contributed by atoms with van der Waals surface area (Å²) in [6.07, 6.45) is 1.79. The van der Waals surface area contributed by atoms with Crippen LogP contribution < -0.4 is 5.32 Å². The number of halogens is 2. The van der Waals surface area contributed by atoms with Crippen LogP contribution in [0.1, 0.15) is 32.1 Å². The van der Waals surface area contributed by atoms with Gasteiger partial charge in [0.15, 0.2) is 9.84 Å². The van der Waals surface area contributed by atoms with Crippen LogP contribution in [0.3, 0.4) is 0 Å². The molecule has 2 saturated carbocycles. The Morgan fingerprint density at radius 2 is 1.89 bits per heavy atom. The van der Waals surface area contributed by atoms with Gasteiger partial charge in [-0.2, -0.15) is 10.4 Å². The number of nitrogens with zero attached hydrogens (tertiary/aromatic N) is 4. The summed E-state index contributed by atoms with van der Waals surface area (Å²) in [6.45, 7) is -0.897. The van der Waals surface area contributed by atoms with Crippen LogP contribution in [0.4, 0.5) is 8.78 Å². The quantitative estimate of drug-likeness (QED) is 0.610. The second-order valence-electron chi connectivity index (χ2n) is 10.3. The van der Waals surface area contributed by atoms with E-state index in [-0.39, 0.29) is 24.3 Å². The van der Waals surface area contributed by atoms with E-state index in [0.29, 0.717) is 18.4 Å². The average Bonchev–Trinajstić information content (AvgIpc) is 3.17. The van der Waals surface area contributed by atoms with Crippen LogP contribution in [-0.4, -0.2) is 64.7 Å². The molecule has 12 heteroatoms. The predicted molar refractivity (Wildman–Crippen MR) is 128 cm³/mol. The van der Waals surface area contributed by atoms with E-state index in [1.54, 1.807) is 36.1 Å². The first-order valence-corrected chi connectivity index (χ1v) is 13.7. The highest BCUT2D eigenvalue weighted by Gasteiger charge is 2.53. The van der Waals surface area contributed by atoms with E-state index >= 15 is 0 Å². The van der Waals surface area contributed by atoms with Crippen LogP contribution in [0.2, 0.25) is 0 Å². The highest BCUT2D eigenvalue weighted by Crippen LogP contribution is 2.43. The van der Waals surface area contributed by atoms with Gasteiger partial charge < -0.3 is 10.2 Å². The number of aromatic nitrogens is 2. The highest BCUT2D eigenvalue weighted by atomic mass is 32.2. The van der Waals surface area contributed by atoms with Crippen molar-refractivity contribution in [3.05, 3.63) is 36.5 Å². The summed E-state index contributed by atoms with van der Waals surface area (Å²) in [5, 5.41) is 15.1. The molecule has 2 amide bonds. The molecule has 1 aromatic carbocycles. The van der Waals surface area contributed by atoms with Gasteiger partial charge in [-0.25, -0.2) is 17.2 Å². The monoisotopic (exact) mass is 531 g/mol. The summed E-state index contributed by atoms with van der Waals surface area (Å²) >= 11 is 0. The molecule has 2 aromatic rings. The predicted octanol–water partition coefficient (Wildman–Crippen LogP) is 2.30. The Balaban J connectivity index is 1.43. The summed E-state index contributed by atoms with van der Waals surface area (Å²) in [5.74, 6) is -6.33. The number of carbonyl (C=O) groups excluding carboxylic acids is 2. The summed E-state index contributed by atoms with van der Waals surface area (Å²) in [5.41, 5.74) is 0.361. The van der Waals surface area contributed by atoms with Crippen molar-refractivity contribution in [1.82, 2.24) is 20.0 Å². The normalized spacial score (nSPS) is 26.0. The summed E-state index contributed by atoms with van der Waals surface area (Å²) < 4.78 is 56.7.